The number of carbonyl (C=O) groups excluding carboxylic acids is 1. The van der Waals surface area contributed by atoms with Gasteiger partial charge in [-0.2, -0.15) is 0 Å². The largest absolute Gasteiger partial charge is 0.347 e. The van der Waals surface area contributed by atoms with Crippen molar-refractivity contribution >= 4 is 78.5 Å². The van der Waals surface area contributed by atoms with E-state index in [1.165, 1.54) is 27.6 Å². The van der Waals surface area contributed by atoms with Crippen LogP contribution in [-0.2, 0) is 11.3 Å². The normalized spacial score (nSPS) is 11.8. The van der Waals surface area contributed by atoms with Gasteiger partial charge in [-0.1, -0.05) is 96.0 Å². The zero-order valence-electron chi connectivity index (χ0n) is 21.8. The van der Waals surface area contributed by atoms with Crippen LogP contribution in [0.1, 0.15) is 11.3 Å². The fourth-order valence-corrected chi connectivity index (χ4v) is 5.82. The van der Waals surface area contributed by atoms with Crippen LogP contribution in [0.3, 0.4) is 0 Å². The maximum absolute atomic E-state index is 12.5. The number of nitrogens with one attached hydrogen (secondary N) is 1. The number of pyridine rings is 1. The predicted molar refractivity (Wildman–Crippen MR) is 171 cm³/mol. The number of para-hydroxylation sites is 1. The van der Waals surface area contributed by atoms with Crippen molar-refractivity contribution in [2.45, 2.75) is 6.54 Å². The van der Waals surface area contributed by atoms with Crippen LogP contribution in [0, 0.1) is 0 Å². The van der Waals surface area contributed by atoms with Crippen LogP contribution in [0.5, 0.6) is 0 Å². The van der Waals surface area contributed by atoms with Gasteiger partial charge in [0.25, 0.3) is 0 Å². The van der Waals surface area contributed by atoms with E-state index in [9.17, 15) is 4.79 Å². The monoisotopic (exact) mass is 571 g/mol. The number of benzene rings is 5. The van der Waals surface area contributed by atoms with Crippen molar-refractivity contribution in [2.24, 2.45) is 0 Å². The molecule has 5 aromatic carbocycles. The number of amides is 1. The average Bonchev–Trinajstić information content (AvgIpc) is 3.33. The topological polar surface area (TPSA) is 46.9 Å². The fraction of sp³-hybridized carbons (Fsp3) is 0.0286. The molecule has 0 spiro atoms. The Morgan fingerprint density at radius 2 is 1.46 bits per heavy atom. The lowest BCUT2D eigenvalue weighted by atomic mass is 10.00. The molecule has 0 fully saturated rings. The number of rotatable bonds is 5. The molecule has 0 saturated heterocycles. The maximum atomic E-state index is 12.5. The molecule has 7 aromatic rings. The SMILES string of the molecule is O=C(/C=C/c1ccc(Cl)c(Cl)c1)NCc1cc2c3ccccc3n(-c3cc4ccccc4c4ccccc34)c2cn1. The van der Waals surface area contributed by atoms with Crippen LogP contribution in [0.25, 0.3) is 55.1 Å². The highest BCUT2D eigenvalue weighted by molar-refractivity contribution is 6.42. The molecule has 41 heavy (non-hydrogen) atoms. The molecule has 7 rings (SSSR count). The molecule has 1 N–H and O–H groups in total. The minimum Gasteiger partial charge on any atom is -0.347 e. The summed E-state index contributed by atoms with van der Waals surface area (Å²) in [6.07, 6.45) is 5.09. The summed E-state index contributed by atoms with van der Waals surface area (Å²) in [7, 11) is 0. The maximum Gasteiger partial charge on any atom is 0.244 e. The summed E-state index contributed by atoms with van der Waals surface area (Å²) in [5.74, 6) is -0.219. The Bertz CT molecular complexity index is 2160. The van der Waals surface area contributed by atoms with E-state index >= 15 is 0 Å². The highest BCUT2D eigenvalue weighted by atomic mass is 35.5. The van der Waals surface area contributed by atoms with Crippen molar-refractivity contribution in [2.75, 3.05) is 0 Å². The van der Waals surface area contributed by atoms with Crippen molar-refractivity contribution < 1.29 is 4.79 Å². The Labute approximate surface area is 246 Å². The van der Waals surface area contributed by atoms with Gasteiger partial charge in [-0.05, 0) is 58.1 Å². The third kappa shape index (κ3) is 4.61. The fourth-order valence-electron chi connectivity index (χ4n) is 5.51. The summed E-state index contributed by atoms with van der Waals surface area (Å²) < 4.78 is 2.30. The van der Waals surface area contributed by atoms with Crippen molar-refractivity contribution in [3.8, 4) is 5.69 Å². The number of halogens is 2. The Kier molecular flexibility index (Phi) is 6.43. The lowest BCUT2D eigenvalue weighted by Crippen LogP contribution is -2.20. The summed E-state index contributed by atoms with van der Waals surface area (Å²) in [5.41, 5.74) is 4.81. The van der Waals surface area contributed by atoms with Gasteiger partial charge in [-0.3, -0.25) is 9.78 Å². The highest BCUT2D eigenvalue weighted by Gasteiger charge is 2.16. The Hall–Kier alpha value is -4.64. The minimum atomic E-state index is -0.219. The summed E-state index contributed by atoms with van der Waals surface area (Å²) in [4.78, 5) is 17.3. The lowest BCUT2D eigenvalue weighted by Gasteiger charge is -2.14. The average molecular weight is 572 g/mol. The first-order valence-electron chi connectivity index (χ1n) is 13.3. The van der Waals surface area contributed by atoms with Gasteiger partial charge in [0.05, 0.1) is 45.2 Å². The second-order valence-corrected chi connectivity index (χ2v) is 10.7. The molecule has 198 valence electrons. The molecule has 2 aromatic heterocycles. The molecule has 0 atom stereocenters. The molecule has 4 nitrogen and oxygen atoms in total. The first-order chi connectivity index (χ1) is 20.1. The number of aromatic nitrogens is 2. The molecule has 0 aliphatic carbocycles. The van der Waals surface area contributed by atoms with E-state index < -0.39 is 0 Å². The number of nitrogens with zero attached hydrogens (tertiary/aromatic N) is 2. The quantitative estimate of drug-likeness (QED) is 0.165. The van der Waals surface area contributed by atoms with Gasteiger partial charge in [0, 0.05) is 22.2 Å². The van der Waals surface area contributed by atoms with E-state index in [1.807, 2.05) is 12.3 Å². The van der Waals surface area contributed by atoms with Crippen LogP contribution in [-0.4, -0.2) is 15.5 Å². The molecular formula is C35H23Cl2N3O. The second kappa shape index (κ2) is 10.4. The molecule has 2 heterocycles. The van der Waals surface area contributed by atoms with Crippen molar-refractivity contribution in [3.05, 3.63) is 137 Å². The Balaban J connectivity index is 1.27. The van der Waals surface area contributed by atoms with Crippen molar-refractivity contribution in [1.82, 2.24) is 14.9 Å². The first-order valence-corrected chi connectivity index (χ1v) is 14.0. The summed E-state index contributed by atoms with van der Waals surface area (Å²) in [6, 6.07) is 35.0. The second-order valence-electron chi connectivity index (χ2n) is 9.93. The van der Waals surface area contributed by atoms with Crippen molar-refractivity contribution in [1.29, 1.82) is 0 Å². The molecule has 0 radical (unpaired) electrons. The van der Waals surface area contributed by atoms with Gasteiger partial charge in [0.2, 0.25) is 5.91 Å². The van der Waals surface area contributed by atoms with Crippen LogP contribution in [0.15, 0.2) is 115 Å². The zero-order chi connectivity index (χ0) is 27.9. The van der Waals surface area contributed by atoms with E-state index in [4.69, 9.17) is 28.2 Å². The van der Waals surface area contributed by atoms with Gasteiger partial charge < -0.3 is 9.88 Å². The summed E-state index contributed by atoms with van der Waals surface area (Å²) >= 11 is 12.1. The Morgan fingerprint density at radius 3 is 2.29 bits per heavy atom. The van der Waals surface area contributed by atoms with E-state index in [2.05, 4.69) is 94.8 Å². The van der Waals surface area contributed by atoms with Crippen LogP contribution in [0.2, 0.25) is 10.0 Å². The number of hydrogen-bond acceptors (Lipinski definition) is 2. The van der Waals surface area contributed by atoms with Crippen LogP contribution in [0.4, 0.5) is 0 Å². The molecule has 0 bridgehead atoms. The van der Waals surface area contributed by atoms with Gasteiger partial charge in [0.1, 0.15) is 0 Å². The van der Waals surface area contributed by atoms with E-state index in [0.717, 1.165) is 38.8 Å². The van der Waals surface area contributed by atoms with Crippen LogP contribution >= 0.6 is 23.2 Å². The van der Waals surface area contributed by atoms with Crippen molar-refractivity contribution in [3.63, 3.8) is 0 Å². The molecule has 0 aliphatic heterocycles. The third-order valence-corrected chi connectivity index (χ3v) is 8.16. The molecule has 6 heteroatoms. The first kappa shape index (κ1) is 25.3. The highest BCUT2D eigenvalue weighted by Crippen LogP contribution is 2.37. The number of hydrogen-bond donors (Lipinski definition) is 1. The van der Waals surface area contributed by atoms with E-state index in [-0.39, 0.29) is 5.91 Å². The van der Waals surface area contributed by atoms with E-state index in [0.29, 0.717) is 16.6 Å². The standard InChI is InChI=1S/C35H23Cl2N3O/c36-30-15-13-22(17-31(30)37)14-16-35(41)39-20-24-19-29-28-11-5-6-12-32(28)40(34(29)21-38-24)33-18-23-7-1-2-8-25(23)26-9-3-4-10-27(26)33/h1-19,21H,20H2,(H,39,41)/b16-14+. The van der Waals surface area contributed by atoms with Gasteiger partial charge in [-0.15, -0.1) is 0 Å². The number of carbonyl (C=O) groups is 1. The van der Waals surface area contributed by atoms with Crippen LogP contribution < -0.4 is 5.32 Å². The van der Waals surface area contributed by atoms with Gasteiger partial charge in [-0.25, -0.2) is 0 Å². The van der Waals surface area contributed by atoms with Gasteiger partial charge in [0.15, 0.2) is 0 Å². The lowest BCUT2D eigenvalue weighted by molar-refractivity contribution is -0.116. The van der Waals surface area contributed by atoms with Gasteiger partial charge >= 0.3 is 0 Å². The molecule has 0 aliphatic rings. The smallest absolute Gasteiger partial charge is 0.244 e. The Morgan fingerprint density at radius 1 is 0.732 bits per heavy atom. The summed E-state index contributed by atoms with van der Waals surface area (Å²) in [5, 5.41) is 10.9. The molecule has 1 amide bonds. The minimum absolute atomic E-state index is 0.219. The predicted octanol–water partition coefficient (Wildman–Crippen LogP) is 9.12. The third-order valence-electron chi connectivity index (χ3n) is 7.42. The number of fused-ring (bicyclic) bond motifs is 6. The molecular weight excluding hydrogens is 549 g/mol. The van der Waals surface area contributed by atoms with E-state index in [1.54, 1.807) is 18.2 Å². The zero-order valence-corrected chi connectivity index (χ0v) is 23.3. The summed E-state index contributed by atoms with van der Waals surface area (Å²) in [6.45, 7) is 0.304. The molecule has 0 saturated carbocycles. The molecule has 0 unspecified atom stereocenters.